The maximum atomic E-state index is 11.7. The normalized spacial score (nSPS) is 20.2. The second kappa shape index (κ2) is 6.72. The summed E-state index contributed by atoms with van der Waals surface area (Å²) in [5.74, 6) is 0.309. The quantitative estimate of drug-likeness (QED) is 0.850. The van der Waals surface area contributed by atoms with Gasteiger partial charge < -0.3 is 10.3 Å². The maximum absolute atomic E-state index is 11.7. The van der Waals surface area contributed by atoms with Crippen molar-refractivity contribution in [2.24, 2.45) is 5.73 Å². The van der Waals surface area contributed by atoms with Crippen molar-refractivity contribution in [2.45, 2.75) is 25.8 Å². The van der Waals surface area contributed by atoms with Crippen molar-refractivity contribution in [3.63, 3.8) is 0 Å². The summed E-state index contributed by atoms with van der Waals surface area (Å²) in [6, 6.07) is 1.88. The lowest BCUT2D eigenvalue weighted by Gasteiger charge is -2.29. The van der Waals surface area contributed by atoms with Crippen molar-refractivity contribution in [3.05, 3.63) is 11.8 Å². The number of hydrogen-bond donors (Lipinski definition) is 2. The molecule has 1 amide bonds. The molecule has 1 aromatic heterocycles. The second-order valence-electron chi connectivity index (χ2n) is 4.52. The molecule has 0 saturated carbocycles. The van der Waals surface area contributed by atoms with E-state index in [4.69, 9.17) is 10.3 Å². The zero-order valence-corrected chi connectivity index (χ0v) is 11.2. The Morgan fingerprint density at radius 2 is 2.50 bits per heavy atom. The van der Waals surface area contributed by atoms with Crippen LogP contribution in [0.1, 0.15) is 18.5 Å². The Morgan fingerprint density at radius 3 is 3.11 bits per heavy atom. The third-order valence-corrected chi connectivity index (χ3v) is 2.80. The number of nitrogens with zero attached hydrogens (tertiary/aromatic N) is 2. The fourth-order valence-corrected chi connectivity index (χ4v) is 2.04. The number of amides is 1. The Morgan fingerprint density at radius 1 is 1.72 bits per heavy atom. The zero-order chi connectivity index (χ0) is 12.3. The Kier molecular flexibility index (Phi) is 5.58. The summed E-state index contributed by atoms with van der Waals surface area (Å²) in [5, 5.41) is 6.38. The van der Waals surface area contributed by atoms with Gasteiger partial charge in [-0.05, 0) is 26.3 Å². The molecule has 6 nitrogen and oxygen atoms in total. The van der Waals surface area contributed by atoms with Crippen LogP contribution in [0.25, 0.3) is 0 Å². The van der Waals surface area contributed by atoms with E-state index in [0.29, 0.717) is 12.4 Å². The first-order valence-electron chi connectivity index (χ1n) is 5.84. The number of likely N-dealkylation sites (tertiary alicyclic amines) is 1. The van der Waals surface area contributed by atoms with Crippen molar-refractivity contribution in [2.75, 3.05) is 25.0 Å². The minimum Gasteiger partial charge on any atom is -0.338 e. The highest BCUT2D eigenvalue weighted by atomic mass is 35.5. The number of hydrogen-bond acceptors (Lipinski definition) is 5. The van der Waals surface area contributed by atoms with E-state index in [0.717, 1.165) is 31.6 Å². The van der Waals surface area contributed by atoms with Crippen LogP contribution in [-0.2, 0) is 4.79 Å². The summed E-state index contributed by atoms with van der Waals surface area (Å²) in [5.41, 5.74) is 6.61. The lowest BCUT2D eigenvalue weighted by molar-refractivity contribution is -0.117. The minimum absolute atomic E-state index is 0. The van der Waals surface area contributed by atoms with E-state index >= 15 is 0 Å². The summed E-state index contributed by atoms with van der Waals surface area (Å²) >= 11 is 0. The SMILES string of the molecule is Cc1cc(NC(=O)CN2CCC[C@@H](N)C2)on1.Cl. The molecule has 2 heterocycles. The molecule has 18 heavy (non-hydrogen) atoms. The van der Waals surface area contributed by atoms with Crippen molar-refractivity contribution >= 4 is 24.2 Å². The van der Waals surface area contributed by atoms with Crippen LogP contribution in [0.3, 0.4) is 0 Å². The highest BCUT2D eigenvalue weighted by molar-refractivity contribution is 5.90. The number of nitrogens with one attached hydrogen (secondary N) is 1. The van der Waals surface area contributed by atoms with Crippen LogP contribution in [0.15, 0.2) is 10.6 Å². The highest BCUT2D eigenvalue weighted by Crippen LogP contribution is 2.10. The van der Waals surface area contributed by atoms with E-state index in [1.54, 1.807) is 6.07 Å². The van der Waals surface area contributed by atoms with Crippen LogP contribution in [-0.4, -0.2) is 41.6 Å². The topological polar surface area (TPSA) is 84.4 Å². The van der Waals surface area contributed by atoms with Crippen molar-refractivity contribution in [1.82, 2.24) is 10.1 Å². The molecule has 0 radical (unpaired) electrons. The average molecular weight is 275 g/mol. The molecule has 0 aromatic carbocycles. The standard InChI is InChI=1S/C11H18N4O2.ClH/c1-8-5-11(17-14-8)13-10(16)7-15-4-2-3-9(12)6-15;/h5,9H,2-4,6-7,12H2,1H3,(H,13,16);1H/t9-;/m1./s1. The summed E-state index contributed by atoms with van der Waals surface area (Å²) in [7, 11) is 0. The first-order chi connectivity index (χ1) is 8.13. The monoisotopic (exact) mass is 274 g/mol. The van der Waals surface area contributed by atoms with Crippen LogP contribution < -0.4 is 11.1 Å². The lowest BCUT2D eigenvalue weighted by atomic mass is 10.1. The molecule has 0 aliphatic carbocycles. The Bertz CT molecular complexity index is 396. The van der Waals surface area contributed by atoms with E-state index in [1.807, 2.05) is 6.92 Å². The van der Waals surface area contributed by atoms with Crippen LogP contribution >= 0.6 is 12.4 Å². The molecule has 7 heteroatoms. The van der Waals surface area contributed by atoms with Crippen LogP contribution in [0.5, 0.6) is 0 Å². The lowest BCUT2D eigenvalue weighted by Crippen LogP contribution is -2.45. The number of carbonyl (C=O) groups excluding carboxylic acids is 1. The fourth-order valence-electron chi connectivity index (χ4n) is 2.04. The van der Waals surface area contributed by atoms with E-state index in [2.05, 4.69) is 15.4 Å². The maximum Gasteiger partial charge on any atom is 0.240 e. The molecule has 102 valence electrons. The van der Waals surface area contributed by atoms with E-state index in [-0.39, 0.29) is 24.4 Å². The number of aryl methyl sites for hydroxylation is 1. The summed E-state index contributed by atoms with van der Waals surface area (Å²) in [6.45, 7) is 3.87. The molecule has 0 bridgehead atoms. The fraction of sp³-hybridized carbons (Fsp3) is 0.636. The smallest absolute Gasteiger partial charge is 0.240 e. The van der Waals surface area contributed by atoms with Gasteiger partial charge in [-0.1, -0.05) is 5.16 Å². The predicted molar refractivity (Wildman–Crippen MR) is 70.8 cm³/mol. The predicted octanol–water partition coefficient (Wildman–Crippen LogP) is 0.766. The van der Waals surface area contributed by atoms with Gasteiger partial charge in [-0.25, -0.2) is 0 Å². The van der Waals surface area contributed by atoms with Gasteiger partial charge in [0.05, 0.1) is 12.2 Å². The molecule has 0 spiro atoms. The second-order valence-corrected chi connectivity index (χ2v) is 4.52. The molecule has 1 aliphatic rings. The number of nitrogens with two attached hydrogens (primary N) is 1. The third-order valence-electron chi connectivity index (χ3n) is 2.80. The van der Waals surface area contributed by atoms with Crippen LogP contribution in [0.2, 0.25) is 0 Å². The third kappa shape index (κ3) is 4.29. The first-order valence-corrected chi connectivity index (χ1v) is 5.84. The van der Waals surface area contributed by atoms with Crippen molar-refractivity contribution in [1.29, 1.82) is 0 Å². The van der Waals surface area contributed by atoms with Gasteiger partial charge in [0.2, 0.25) is 11.8 Å². The summed E-state index contributed by atoms with van der Waals surface area (Å²) < 4.78 is 4.92. The van der Waals surface area contributed by atoms with Crippen LogP contribution in [0, 0.1) is 6.92 Å². The van der Waals surface area contributed by atoms with Gasteiger partial charge in [0.1, 0.15) is 0 Å². The molecular formula is C11H19ClN4O2. The van der Waals surface area contributed by atoms with Gasteiger partial charge in [0.15, 0.2) is 0 Å². The number of carbonyl (C=O) groups is 1. The zero-order valence-electron chi connectivity index (χ0n) is 10.4. The van der Waals surface area contributed by atoms with Gasteiger partial charge in [-0.15, -0.1) is 12.4 Å². The average Bonchev–Trinajstić information content (AvgIpc) is 2.63. The van der Waals surface area contributed by atoms with Crippen LogP contribution in [0.4, 0.5) is 5.88 Å². The largest absolute Gasteiger partial charge is 0.338 e. The van der Waals surface area contributed by atoms with E-state index in [1.165, 1.54) is 0 Å². The van der Waals surface area contributed by atoms with Gasteiger partial charge in [0.25, 0.3) is 0 Å². The number of rotatable bonds is 3. The van der Waals surface area contributed by atoms with Crippen molar-refractivity contribution in [3.8, 4) is 0 Å². The Hall–Kier alpha value is -1.11. The Labute approximate surface area is 112 Å². The molecule has 1 saturated heterocycles. The number of aromatic nitrogens is 1. The molecule has 0 unspecified atom stereocenters. The van der Waals surface area contributed by atoms with E-state index < -0.39 is 0 Å². The van der Waals surface area contributed by atoms with Gasteiger partial charge in [-0.2, -0.15) is 0 Å². The summed E-state index contributed by atoms with van der Waals surface area (Å²) in [6.07, 6.45) is 2.09. The summed E-state index contributed by atoms with van der Waals surface area (Å²) in [4.78, 5) is 13.8. The Balaban J connectivity index is 0.00000162. The van der Waals surface area contributed by atoms with Crippen molar-refractivity contribution < 1.29 is 9.32 Å². The van der Waals surface area contributed by atoms with Gasteiger partial charge >= 0.3 is 0 Å². The molecule has 1 atom stereocenters. The van der Waals surface area contributed by atoms with Gasteiger partial charge in [-0.3, -0.25) is 15.0 Å². The highest BCUT2D eigenvalue weighted by Gasteiger charge is 2.19. The molecule has 1 fully saturated rings. The molecule has 1 aliphatic heterocycles. The number of halogens is 1. The molecule has 3 N–H and O–H groups in total. The molecule has 2 rings (SSSR count). The molecule has 1 aromatic rings. The number of anilines is 1. The van der Waals surface area contributed by atoms with E-state index in [9.17, 15) is 4.79 Å². The number of piperidine rings is 1. The first kappa shape index (κ1) is 14.9. The minimum atomic E-state index is -0.0877. The molecular weight excluding hydrogens is 256 g/mol. The van der Waals surface area contributed by atoms with Gasteiger partial charge in [0, 0.05) is 18.7 Å².